The average Bonchev–Trinajstić information content (AvgIpc) is 2.52. The smallest absolute Gasteiger partial charge is 0.250 e. The number of aryl methyl sites for hydroxylation is 1. The number of thioether (sulfide) groups is 1. The number of pyridine rings is 1. The van der Waals surface area contributed by atoms with E-state index >= 15 is 0 Å². The molecule has 5 heteroatoms. The van der Waals surface area contributed by atoms with Gasteiger partial charge >= 0.3 is 0 Å². The maximum Gasteiger partial charge on any atom is 0.250 e. The van der Waals surface area contributed by atoms with Gasteiger partial charge in [-0.25, -0.2) is 0 Å². The van der Waals surface area contributed by atoms with Crippen molar-refractivity contribution in [2.24, 2.45) is 0 Å². The normalized spacial score (nSPS) is 10.3. The summed E-state index contributed by atoms with van der Waals surface area (Å²) in [5.74, 6) is 0.806. The van der Waals surface area contributed by atoms with Gasteiger partial charge in [0.25, 0.3) is 5.56 Å². The molecular formula is C16H18N2O2S. The van der Waals surface area contributed by atoms with Crippen LogP contribution in [0.1, 0.15) is 6.42 Å². The predicted octanol–water partition coefficient (Wildman–Crippen LogP) is 2.15. The van der Waals surface area contributed by atoms with Crippen LogP contribution in [0.25, 0.3) is 0 Å². The van der Waals surface area contributed by atoms with Crippen molar-refractivity contribution in [1.29, 1.82) is 0 Å². The van der Waals surface area contributed by atoms with Crippen molar-refractivity contribution in [3.05, 3.63) is 65.1 Å². The first-order valence-electron chi connectivity index (χ1n) is 6.86. The third-order valence-electron chi connectivity index (χ3n) is 2.91. The van der Waals surface area contributed by atoms with Crippen molar-refractivity contribution in [2.45, 2.75) is 17.9 Å². The fourth-order valence-corrected chi connectivity index (χ4v) is 2.62. The van der Waals surface area contributed by atoms with E-state index in [9.17, 15) is 9.59 Å². The molecule has 0 bridgehead atoms. The first-order chi connectivity index (χ1) is 10.3. The Morgan fingerprint density at radius 3 is 2.62 bits per heavy atom. The van der Waals surface area contributed by atoms with Gasteiger partial charge in [-0.1, -0.05) is 24.3 Å². The monoisotopic (exact) mass is 302 g/mol. The fourth-order valence-electron chi connectivity index (χ4n) is 1.83. The summed E-state index contributed by atoms with van der Waals surface area (Å²) in [4.78, 5) is 24.4. The molecule has 0 unspecified atom stereocenters. The molecule has 0 fully saturated rings. The quantitative estimate of drug-likeness (QED) is 0.630. The average molecular weight is 302 g/mol. The van der Waals surface area contributed by atoms with Crippen LogP contribution in [0.4, 0.5) is 0 Å². The van der Waals surface area contributed by atoms with E-state index in [4.69, 9.17) is 0 Å². The second kappa shape index (κ2) is 8.32. The Morgan fingerprint density at radius 2 is 1.86 bits per heavy atom. The van der Waals surface area contributed by atoms with Crippen LogP contribution in [-0.2, 0) is 11.3 Å². The number of benzene rings is 1. The van der Waals surface area contributed by atoms with Crippen LogP contribution in [0.15, 0.2) is 64.4 Å². The van der Waals surface area contributed by atoms with Crippen LogP contribution < -0.4 is 10.9 Å². The minimum atomic E-state index is -0.0788. The van der Waals surface area contributed by atoms with Crippen LogP contribution in [0.5, 0.6) is 0 Å². The van der Waals surface area contributed by atoms with Crippen LogP contribution in [0.3, 0.4) is 0 Å². The van der Waals surface area contributed by atoms with Crippen molar-refractivity contribution in [2.75, 3.05) is 12.3 Å². The lowest BCUT2D eigenvalue weighted by molar-refractivity contribution is -0.121. The van der Waals surface area contributed by atoms with E-state index in [2.05, 4.69) is 5.32 Å². The van der Waals surface area contributed by atoms with E-state index in [0.717, 1.165) is 5.75 Å². The molecule has 0 saturated heterocycles. The molecular weight excluding hydrogens is 284 g/mol. The third-order valence-corrected chi connectivity index (χ3v) is 3.93. The van der Waals surface area contributed by atoms with Gasteiger partial charge in [0.15, 0.2) is 0 Å². The summed E-state index contributed by atoms with van der Waals surface area (Å²) in [6.07, 6.45) is 2.01. The molecule has 2 rings (SSSR count). The summed E-state index contributed by atoms with van der Waals surface area (Å²) in [6, 6.07) is 15.1. The molecule has 0 saturated carbocycles. The predicted molar refractivity (Wildman–Crippen MR) is 85.5 cm³/mol. The van der Waals surface area contributed by atoms with E-state index in [1.165, 1.54) is 15.5 Å². The van der Waals surface area contributed by atoms with Gasteiger partial charge < -0.3 is 9.88 Å². The number of hydrogen-bond donors (Lipinski definition) is 1. The Kier molecular flexibility index (Phi) is 6.09. The van der Waals surface area contributed by atoms with E-state index in [0.29, 0.717) is 19.5 Å². The van der Waals surface area contributed by atoms with Crippen LogP contribution in [0.2, 0.25) is 0 Å². The molecule has 0 aliphatic rings. The number of hydrogen-bond acceptors (Lipinski definition) is 3. The number of rotatable bonds is 7. The highest BCUT2D eigenvalue weighted by Gasteiger charge is 2.02. The Hall–Kier alpha value is -2.01. The molecule has 1 N–H and O–H groups in total. The molecule has 1 aromatic carbocycles. The van der Waals surface area contributed by atoms with Gasteiger partial charge in [0.1, 0.15) is 0 Å². The maximum atomic E-state index is 11.7. The molecule has 0 atom stereocenters. The summed E-state index contributed by atoms with van der Waals surface area (Å²) < 4.78 is 1.54. The summed E-state index contributed by atoms with van der Waals surface area (Å²) in [7, 11) is 0. The summed E-state index contributed by atoms with van der Waals surface area (Å²) >= 11 is 1.71. The second-order valence-corrected chi connectivity index (χ2v) is 5.66. The zero-order valence-corrected chi connectivity index (χ0v) is 12.5. The first-order valence-corrected chi connectivity index (χ1v) is 7.84. The first kappa shape index (κ1) is 15.4. The van der Waals surface area contributed by atoms with Crippen molar-refractivity contribution in [3.8, 4) is 0 Å². The molecule has 1 heterocycles. The van der Waals surface area contributed by atoms with Gasteiger partial charge in [-0.15, -0.1) is 11.8 Å². The van der Waals surface area contributed by atoms with Gasteiger partial charge in [-0.3, -0.25) is 9.59 Å². The Bertz CT molecular complexity index is 625. The van der Waals surface area contributed by atoms with Crippen molar-refractivity contribution >= 4 is 17.7 Å². The molecule has 0 radical (unpaired) electrons. The summed E-state index contributed by atoms with van der Waals surface area (Å²) in [6.45, 7) is 1.04. The molecule has 21 heavy (non-hydrogen) atoms. The molecule has 1 aromatic heterocycles. The minimum Gasteiger partial charge on any atom is -0.355 e. The number of aromatic nitrogens is 1. The van der Waals surface area contributed by atoms with Crippen LogP contribution in [0, 0.1) is 0 Å². The number of amides is 1. The highest BCUT2D eigenvalue weighted by molar-refractivity contribution is 7.99. The maximum absolute atomic E-state index is 11.7. The number of nitrogens with zero attached hydrogens (tertiary/aromatic N) is 1. The molecule has 0 aliphatic heterocycles. The molecule has 1 amide bonds. The van der Waals surface area contributed by atoms with E-state index in [-0.39, 0.29) is 11.5 Å². The molecule has 0 aliphatic carbocycles. The molecule has 0 spiro atoms. The zero-order chi connectivity index (χ0) is 14.9. The standard InChI is InChI=1S/C16H18N2O2S/c19-15(9-12-18-11-5-4-8-16(18)20)17-10-13-21-14-6-2-1-3-7-14/h1-8,11H,9-10,12-13H2,(H,17,19). The van der Waals surface area contributed by atoms with Crippen molar-refractivity contribution < 1.29 is 4.79 Å². The molecule has 4 nitrogen and oxygen atoms in total. The Morgan fingerprint density at radius 1 is 1.10 bits per heavy atom. The highest BCUT2D eigenvalue weighted by atomic mass is 32.2. The van der Waals surface area contributed by atoms with E-state index < -0.39 is 0 Å². The van der Waals surface area contributed by atoms with Crippen LogP contribution >= 0.6 is 11.8 Å². The Balaban J connectivity index is 1.64. The fraction of sp³-hybridized carbons (Fsp3) is 0.250. The van der Waals surface area contributed by atoms with Crippen molar-refractivity contribution in [3.63, 3.8) is 0 Å². The lowest BCUT2D eigenvalue weighted by Crippen LogP contribution is -2.28. The summed E-state index contributed by atoms with van der Waals surface area (Å²) in [5, 5.41) is 2.87. The zero-order valence-electron chi connectivity index (χ0n) is 11.7. The molecule has 2 aromatic rings. The van der Waals surface area contributed by atoms with Crippen molar-refractivity contribution in [1.82, 2.24) is 9.88 Å². The van der Waals surface area contributed by atoms with Gasteiger partial charge in [0.05, 0.1) is 0 Å². The van der Waals surface area contributed by atoms with Gasteiger partial charge in [-0.05, 0) is 18.2 Å². The van der Waals surface area contributed by atoms with Gasteiger partial charge in [0.2, 0.25) is 5.91 Å². The number of carbonyl (C=O) groups excluding carboxylic acids is 1. The highest BCUT2D eigenvalue weighted by Crippen LogP contribution is 2.15. The largest absolute Gasteiger partial charge is 0.355 e. The second-order valence-electron chi connectivity index (χ2n) is 4.49. The Labute approximate surface area is 128 Å². The number of carbonyl (C=O) groups is 1. The number of nitrogens with one attached hydrogen (secondary N) is 1. The third kappa shape index (κ3) is 5.47. The SMILES string of the molecule is O=C(CCn1ccccc1=O)NCCSc1ccccc1. The lowest BCUT2D eigenvalue weighted by Gasteiger charge is -2.07. The van der Waals surface area contributed by atoms with Gasteiger partial charge in [-0.2, -0.15) is 0 Å². The molecule has 110 valence electrons. The van der Waals surface area contributed by atoms with Gasteiger partial charge in [0, 0.05) is 42.4 Å². The van der Waals surface area contributed by atoms with E-state index in [1.54, 1.807) is 30.1 Å². The lowest BCUT2D eigenvalue weighted by atomic mass is 10.3. The minimum absolute atomic E-state index is 0.0283. The summed E-state index contributed by atoms with van der Waals surface area (Å²) in [5.41, 5.74) is -0.0788. The van der Waals surface area contributed by atoms with E-state index in [1.807, 2.05) is 30.3 Å². The van der Waals surface area contributed by atoms with Crippen LogP contribution in [-0.4, -0.2) is 22.8 Å². The topological polar surface area (TPSA) is 51.1 Å².